The number of amides is 1. The quantitative estimate of drug-likeness (QED) is 0.839. The average Bonchev–Trinajstić information content (AvgIpc) is 2.89. The highest BCUT2D eigenvalue weighted by atomic mass is 32.1. The molecule has 3 fully saturated rings. The molecule has 1 saturated carbocycles. The Morgan fingerprint density at radius 2 is 2.05 bits per heavy atom. The number of piperidine rings is 1. The van der Waals surface area contributed by atoms with Gasteiger partial charge in [0.1, 0.15) is 0 Å². The Bertz CT molecular complexity index is 485. The van der Waals surface area contributed by atoms with Crippen molar-refractivity contribution >= 4 is 17.2 Å². The van der Waals surface area contributed by atoms with E-state index in [2.05, 4.69) is 17.5 Å². The molecule has 5 heteroatoms. The van der Waals surface area contributed by atoms with Crippen LogP contribution in [0.4, 0.5) is 0 Å². The molecular formula is C15H19NO3S. The Balaban J connectivity index is 1.35. The fourth-order valence-electron chi connectivity index (χ4n) is 3.37. The number of hydrogen-bond donors (Lipinski definition) is 0. The molecule has 2 saturated heterocycles. The van der Waals surface area contributed by atoms with E-state index in [-0.39, 0.29) is 11.7 Å². The summed E-state index contributed by atoms with van der Waals surface area (Å²) in [4.78, 5) is 15.9. The lowest BCUT2D eigenvalue weighted by Crippen LogP contribution is -2.47. The lowest BCUT2D eigenvalue weighted by molar-refractivity contribution is -0.187. The Morgan fingerprint density at radius 1 is 1.30 bits per heavy atom. The average molecular weight is 293 g/mol. The molecule has 1 spiro atoms. The van der Waals surface area contributed by atoms with Gasteiger partial charge >= 0.3 is 0 Å². The molecule has 1 aliphatic carbocycles. The van der Waals surface area contributed by atoms with Crippen molar-refractivity contribution in [3.63, 3.8) is 0 Å². The van der Waals surface area contributed by atoms with Crippen LogP contribution in [0.1, 0.15) is 30.1 Å². The van der Waals surface area contributed by atoms with Gasteiger partial charge in [0.15, 0.2) is 5.79 Å². The summed E-state index contributed by atoms with van der Waals surface area (Å²) in [7, 11) is 0. The molecule has 20 heavy (non-hydrogen) atoms. The summed E-state index contributed by atoms with van der Waals surface area (Å²) in [6.07, 6.45) is 2.65. The van der Waals surface area contributed by atoms with Gasteiger partial charge in [0.25, 0.3) is 0 Å². The van der Waals surface area contributed by atoms with Crippen LogP contribution >= 0.6 is 11.3 Å². The van der Waals surface area contributed by atoms with Crippen molar-refractivity contribution in [2.24, 2.45) is 5.92 Å². The highest BCUT2D eigenvalue weighted by Gasteiger charge is 2.48. The van der Waals surface area contributed by atoms with Crippen LogP contribution in [0.25, 0.3) is 0 Å². The predicted molar refractivity (Wildman–Crippen MR) is 75.6 cm³/mol. The van der Waals surface area contributed by atoms with E-state index in [1.165, 1.54) is 4.88 Å². The second-order valence-corrected chi connectivity index (χ2v) is 6.88. The summed E-state index contributed by atoms with van der Waals surface area (Å²) in [6, 6.07) is 4.22. The number of nitrogens with zero attached hydrogens (tertiary/aromatic N) is 1. The maximum absolute atomic E-state index is 12.5. The topological polar surface area (TPSA) is 38.8 Å². The van der Waals surface area contributed by atoms with Crippen molar-refractivity contribution in [2.75, 3.05) is 26.3 Å². The van der Waals surface area contributed by atoms with E-state index in [4.69, 9.17) is 9.47 Å². The van der Waals surface area contributed by atoms with Gasteiger partial charge in [-0.05, 0) is 17.9 Å². The van der Waals surface area contributed by atoms with Gasteiger partial charge < -0.3 is 14.4 Å². The molecule has 2 aliphatic heterocycles. The molecule has 108 valence electrons. The van der Waals surface area contributed by atoms with Gasteiger partial charge in [-0.15, -0.1) is 11.3 Å². The molecule has 0 radical (unpaired) electrons. The molecule has 2 unspecified atom stereocenters. The van der Waals surface area contributed by atoms with Gasteiger partial charge in [-0.25, -0.2) is 0 Å². The Kier molecular flexibility index (Phi) is 3.09. The van der Waals surface area contributed by atoms with E-state index in [0.717, 1.165) is 32.4 Å². The van der Waals surface area contributed by atoms with Crippen molar-refractivity contribution in [1.29, 1.82) is 0 Å². The molecule has 4 rings (SSSR count). The fraction of sp³-hybridized carbons (Fsp3) is 0.667. The van der Waals surface area contributed by atoms with E-state index >= 15 is 0 Å². The van der Waals surface area contributed by atoms with E-state index in [1.807, 2.05) is 4.90 Å². The zero-order valence-corrected chi connectivity index (χ0v) is 12.2. The molecule has 3 heterocycles. The van der Waals surface area contributed by atoms with Crippen LogP contribution in [-0.2, 0) is 14.3 Å². The number of rotatable bonds is 2. The van der Waals surface area contributed by atoms with Gasteiger partial charge in [0.2, 0.25) is 5.91 Å². The van der Waals surface area contributed by atoms with E-state index in [1.54, 1.807) is 11.3 Å². The van der Waals surface area contributed by atoms with Gasteiger partial charge in [0.05, 0.1) is 13.2 Å². The molecule has 0 N–H and O–H groups in total. The highest BCUT2D eigenvalue weighted by molar-refractivity contribution is 7.10. The van der Waals surface area contributed by atoms with Gasteiger partial charge in [0, 0.05) is 42.6 Å². The number of ether oxygens (including phenoxy) is 2. The maximum Gasteiger partial charge on any atom is 0.226 e. The molecule has 1 amide bonds. The zero-order valence-electron chi connectivity index (χ0n) is 11.4. The minimum absolute atomic E-state index is 0.216. The zero-order chi connectivity index (χ0) is 13.6. The number of carbonyl (C=O) groups is 1. The van der Waals surface area contributed by atoms with Crippen molar-refractivity contribution < 1.29 is 14.3 Å². The first kappa shape index (κ1) is 12.8. The molecule has 3 aliphatic rings. The first-order valence-corrected chi connectivity index (χ1v) is 8.25. The maximum atomic E-state index is 12.5. The van der Waals surface area contributed by atoms with Crippen molar-refractivity contribution in [3.05, 3.63) is 22.4 Å². The Morgan fingerprint density at radius 3 is 2.70 bits per heavy atom. The van der Waals surface area contributed by atoms with Crippen LogP contribution in [-0.4, -0.2) is 42.9 Å². The second kappa shape index (κ2) is 4.83. The smallest absolute Gasteiger partial charge is 0.226 e. The summed E-state index contributed by atoms with van der Waals surface area (Å²) in [5.41, 5.74) is 0. The minimum Gasteiger partial charge on any atom is -0.347 e. The van der Waals surface area contributed by atoms with Crippen LogP contribution in [0.5, 0.6) is 0 Å². The van der Waals surface area contributed by atoms with Crippen LogP contribution in [0.2, 0.25) is 0 Å². The van der Waals surface area contributed by atoms with Crippen molar-refractivity contribution in [3.8, 4) is 0 Å². The standard InChI is InChI=1S/C15H19NO3S/c17-14(12-10-11(12)13-2-1-9-20-13)16-5-3-15(4-6-16)18-7-8-19-15/h1-2,9,11-12H,3-8,10H2. The van der Waals surface area contributed by atoms with Crippen LogP contribution in [0.3, 0.4) is 0 Å². The van der Waals surface area contributed by atoms with E-state index < -0.39 is 0 Å². The van der Waals surface area contributed by atoms with E-state index in [0.29, 0.717) is 25.0 Å². The second-order valence-electron chi connectivity index (χ2n) is 5.90. The first-order chi connectivity index (χ1) is 9.77. The summed E-state index contributed by atoms with van der Waals surface area (Å²) in [5.74, 6) is 0.634. The first-order valence-electron chi connectivity index (χ1n) is 7.38. The Hall–Kier alpha value is -0.910. The SMILES string of the molecule is O=C(C1CC1c1cccs1)N1CCC2(CC1)OCCO2. The lowest BCUT2D eigenvalue weighted by atomic mass is 10.0. The third kappa shape index (κ3) is 2.18. The Labute approximate surface area is 122 Å². The third-order valence-electron chi connectivity index (χ3n) is 4.67. The molecule has 0 aromatic carbocycles. The number of hydrogen-bond acceptors (Lipinski definition) is 4. The highest BCUT2D eigenvalue weighted by Crippen LogP contribution is 2.50. The summed E-state index contributed by atoms with van der Waals surface area (Å²) in [5, 5.41) is 2.09. The largest absolute Gasteiger partial charge is 0.347 e. The molecular weight excluding hydrogens is 274 g/mol. The summed E-state index contributed by atoms with van der Waals surface area (Å²) >= 11 is 1.77. The van der Waals surface area contributed by atoms with Crippen LogP contribution in [0.15, 0.2) is 17.5 Å². The van der Waals surface area contributed by atoms with Gasteiger partial charge in [-0.2, -0.15) is 0 Å². The van der Waals surface area contributed by atoms with Crippen molar-refractivity contribution in [2.45, 2.75) is 31.0 Å². The minimum atomic E-state index is -0.381. The molecule has 1 aromatic rings. The van der Waals surface area contributed by atoms with Gasteiger partial charge in [-0.3, -0.25) is 4.79 Å². The number of carbonyl (C=O) groups excluding carboxylic acids is 1. The van der Waals surface area contributed by atoms with Gasteiger partial charge in [-0.1, -0.05) is 6.07 Å². The predicted octanol–water partition coefficient (Wildman–Crippen LogP) is 2.22. The fourth-order valence-corrected chi connectivity index (χ4v) is 4.28. The lowest BCUT2D eigenvalue weighted by Gasteiger charge is -2.37. The normalized spacial score (nSPS) is 31.7. The molecule has 0 bridgehead atoms. The van der Waals surface area contributed by atoms with E-state index in [9.17, 15) is 4.79 Å². The molecule has 2 atom stereocenters. The molecule has 4 nitrogen and oxygen atoms in total. The summed E-state index contributed by atoms with van der Waals surface area (Å²) < 4.78 is 11.4. The van der Waals surface area contributed by atoms with Crippen LogP contribution in [0, 0.1) is 5.92 Å². The van der Waals surface area contributed by atoms with Crippen LogP contribution < -0.4 is 0 Å². The number of likely N-dealkylation sites (tertiary alicyclic amines) is 1. The summed E-state index contributed by atoms with van der Waals surface area (Å²) in [6.45, 7) is 2.92. The van der Waals surface area contributed by atoms with Crippen molar-refractivity contribution in [1.82, 2.24) is 4.90 Å². The number of thiophene rings is 1. The monoisotopic (exact) mass is 293 g/mol. The third-order valence-corrected chi connectivity index (χ3v) is 5.67. The molecule has 1 aromatic heterocycles.